The van der Waals surface area contributed by atoms with Crippen LogP contribution in [0.1, 0.15) is 26.7 Å². The number of rotatable bonds is 6. The van der Waals surface area contributed by atoms with Crippen LogP contribution in [-0.4, -0.2) is 63.7 Å². The lowest BCUT2D eigenvalue weighted by Crippen LogP contribution is -2.63. The van der Waals surface area contributed by atoms with E-state index in [9.17, 15) is 19.8 Å². The topological polar surface area (TPSA) is 107 Å². The Hall–Kier alpha value is -1.86. The molecule has 3 aliphatic heterocycles. The van der Waals surface area contributed by atoms with Crippen LogP contribution in [0.3, 0.4) is 0 Å². The van der Waals surface area contributed by atoms with Gasteiger partial charge in [0.1, 0.15) is 5.70 Å². The summed E-state index contributed by atoms with van der Waals surface area (Å²) in [6.07, 6.45) is 1.04. The molecule has 3 aliphatic rings. The zero-order valence-electron chi connectivity index (χ0n) is 14.8. The number of hydrogen-bond donors (Lipinski definition) is 3. The van der Waals surface area contributed by atoms with Gasteiger partial charge in [-0.2, -0.15) is 0 Å². The van der Waals surface area contributed by atoms with E-state index in [2.05, 4.69) is 11.5 Å². The van der Waals surface area contributed by atoms with Crippen molar-refractivity contribution in [1.82, 2.24) is 9.80 Å². The number of carbonyl (C=O) groups is 2. The van der Waals surface area contributed by atoms with Gasteiger partial charge in [-0.05, 0) is 37.8 Å². The average Bonchev–Trinajstić information content (AvgIpc) is 3.01. The van der Waals surface area contributed by atoms with Crippen LogP contribution in [0.2, 0.25) is 0 Å². The molecule has 0 saturated carbocycles. The predicted octanol–water partition coefficient (Wildman–Crippen LogP) is 0.367. The Balaban J connectivity index is 1.77. The zero-order valence-corrected chi connectivity index (χ0v) is 14.8. The van der Waals surface area contributed by atoms with Crippen molar-refractivity contribution in [3.8, 4) is 0 Å². The van der Waals surface area contributed by atoms with E-state index in [0.717, 1.165) is 31.5 Å². The number of β-lactam (4-membered cyclic amide) rings is 1. The van der Waals surface area contributed by atoms with Crippen LogP contribution in [0.4, 0.5) is 0 Å². The molecule has 7 heteroatoms. The van der Waals surface area contributed by atoms with Gasteiger partial charge in [-0.3, -0.25) is 9.69 Å². The van der Waals surface area contributed by atoms with Gasteiger partial charge in [0.25, 0.3) is 0 Å². The molecular formula is C18H27N3O4. The number of hydrogen-bond acceptors (Lipinski definition) is 5. The SMILES string of the molecule is C=C(N)C[C@H]1CCN(CC2=C(C(=O)O)N3C(=O)C([C@@H](C)O)C3[C@H]2C)C1. The van der Waals surface area contributed by atoms with E-state index in [1.165, 1.54) is 4.90 Å². The molecule has 0 aromatic rings. The van der Waals surface area contributed by atoms with Gasteiger partial charge < -0.3 is 20.8 Å². The Morgan fingerprint density at radius 3 is 2.72 bits per heavy atom. The number of nitrogens with zero attached hydrogens (tertiary/aromatic N) is 2. The highest BCUT2D eigenvalue weighted by atomic mass is 16.4. The van der Waals surface area contributed by atoms with E-state index in [0.29, 0.717) is 18.2 Å². The summed E-state index contributed by atoms with van der Waals surface area (Å²) in [5.41, 5.74) is 7.29. The molecule has 0 radical (unpaired) electrons. The van der Waals surface area contributed by atoms with Crippen molar-refractivity contribution in [3.05, 3.63) is 23.5 Å². The second-order valence-corrected chi connectivity index (χ2v) is 7.69. The molecule has 7 nitrogen and oxygen atoms in total. The quantitative estimate of drug-likeness (QED) is 0.598. The van der Waals surface area contributed by atoms with Crippen molar-refractivity contribution in [3.63, 3.8) is 0 Å². The summed E-state index contributed by atoms with van der Waals surface area (Å²) in [6, 6.07) is -0.240. The number of aliphatic carboxylic acids is 1. The number of amides is 1. The second kappa shape index (κ2) is 6.46. The Kier molecular flexibility index (Phi) is 4.64. The van der Waals surface area contributed by atoms with Crippen LogP contribution in [0.5, 0.6) is 0 Å². The first-order valence-corrected chi connectivity index (χ1v) is 8.85. The molecule has 2 saturated heterocycles. The lowest BCUT2D eigenvalue weighted by Gasteiger charge is -2.46. The van der Waals surface area contributed by atoms with Gasteiger partial charge in [0, 0.05) is 24.7 Å². The van der Waals surface area contributed by atoms with E-state index in [1.54, 1.807) is 6.92 Å². The molecule has 3 rings (SSSR count). The number of carboxylic acid groups (broad SMARTS) is 1. The maximum absolute atomic E-state index is 12.3. The minimum atomic E-state index is -1.06. The van der Waals surface area contributed by atoms with Crippen molar-refractivity contribution in [2.24, 2.45) is 23.5 Å². The van der Waals surface area contributed by atoms with Gasteiger partial charge >= 0.3 is 5.97 Å². The molecule has 0 aromatic heterocycles. The van der Waals surface area contributed by atoms with Crippen molar-refractivity contribution < 1.29 is 19.8 Å². The molecule has 25 heavy (non-hydrogen) atoms. The fourth-order valence-electron chi connectivity index (χ4n) is 4.69. The van der Waals surface area contributed by atoms with Crippen LogP contribution >= 0.6 is 0 Å². The predicted molar refractivity (Wildman–Crippen MR) is 92.1 cm³/mol. The summed E-state index contributed by atoms with van der Waals surface area (Å²) in [4.78, 5) is 27.7. The van der Waals surface area contributed by atoms with E-state index in [1.807, 2.05) is 6.92 Å². The summed E-state index contributed by atoms with van der Waals surface area (Å²) < 4.78 is 0. The summed E-state index contributed by atoms with van der Waals surface area (Å²) in [5, 5.41) is 19.5. The number of carbonyl (C=O) groups excluding carboxylic acids is 1. The van der Waals surface area contributed by atoms with Gasteiger partial charge in [0.05, 0.1) is 18.1 Å². The van der Waals surface area contributed by atoms with Crippen molar-refractivity contribution >= 4 is 11.9 Å². The molecule has 3 heterocycles. The number of aliphatic hydroxyl groups is 1. The van der Waals surface area contributed by atoms with Gasteiger partial charge in [-0.1, -0.05) is 13.5 Å². The summed E-state index contributed by atoms with van der Waals surface area (Å²) in [6.45, 7) is 9.60. The van der Waals surface area contributed by atoms with Gasteiger partial charge in [0.15, 0.2) is 0 Å². The summed E-state index contributed by atoms with van der Waals surface area (Å²) in [7, 11) is 0. The number of aliphatic hydroxyl groups excluding tert-OH is 1. The van der Waals surface area contributed by atoms with Crippen LogP contribution in [0, 0.1) is 17.8 Å². The van der Waals surface area contributed by atoms with E-state index < -0.39 is 18.0 Å². The number of fused-ring (bicyclic) bond motifs is 1. The van der Waals surface area contributed by atoms with Crippen molar-refractivity contribution in [1.29, 1.82) is 0 Å². The standard InChI is InChI=1S/C18H27N3O4/c1-9(19)6-12-4-5-20(7-12)8-13-10(2)15-14(11(3)22)17(23)21(15)16(13)18(24)25/h10-12,14-15,22H,1,4-8,19H2,2-3H3,(H,24,25)/t10-,11+,12+,14?,15?/m0/s1. The first kappa shape index (κ1) is 17.9. The highest BCUT2D eigenvalue weighted by Crippen LogP contribution is 2.47. The van der Waals surface area contributed by atoms with E-state index >= 15 is 0 Å². The molecule has 0 aliphatic carbocycles. The minimum absolute atomic E-state index is 0.0630. The smallest absolute Gasteiger partial charge is 0.352 e. The normalized spacial score (nSPS) is 33.4. The number of carboxylic acids is 1. The molecule has 2 unspecified atom stereocenters. The van der Waals surface area contributed by atoms with Crippen molar-refractivity contribution in [2.45, 2.75) is 38.8 Å². The molecule has 2 fully saturated rings. The third-order valence-corrected chi connectivity index (χ3v) is 5.83. The minimum Gasteiger partial charge on any atom is -0.477 e. The lowest BCUT2D eigenvalue weighted by molar-refractivity contribution is -0.163. The number of nitrogens with two attached hydrogens (primary N) is 1. The molecule has 1 amide bonds. The molecule has 0 aromatic carbocycles. The molecular weight excluding hydrogens is 322 g/mol. The number of allylic oxidation sites excluding steroid dienone is 1. The van der Waals surface area contributed by atoms with E-state index in [-0.39, 0.29) is 23.6 Å². The summed E-state index contributed by atoms with van der Waals surface area (Å²) >= 11 is 0. The maximum atomic E-state index is 12.3. The first-order chi connectivity index (χ1) is 11.7. The lowest BCUT2D eigenvalue weighted by atomic mass is 9.77. The summed E-state index contributed by atoms with van der Waals surface area (Å²) in [5.74, 6) is -1.46. The van der Waals surface area contributed by atoms with Crippen molar-refractivity contribution in [2.75, 3.05) is 19.6 Å². The number of likely N-dealkylation sites (tertiary alicyclic amines) is 1. The Morgan fingerprint density at radius 2 is 2.16 bits per heavy atom. The highest BCUT2D eigenvalue weighted by molar-refractivity contribution is 6.00. The molecule has 4 N–H and O–H groups in total. The third-order valence-electron chi connectivity index (χ3n) is 5.83. The highest BCUT2D eigenvalue weighted by Gasteiger charge is 2.59. The van der Waals surface area contributed by atoms with E-state index in [4.69, 9.17) is 5.73 Å². The fourth-order valence-corrected chi connectivity index (χ4v) is 4.69. The zero-order chi connectivity index (χ0) is 18.5. The Bertz CT molecular complexity index is 642. The third kappa shape index (κ3) is 2.95. The van der Waals surface area contributed by atoms with Crippen LogP contribution in [0.25, 0.3) is 0 Å². The Morgan fingerprint density at radius 1 is 1.48 bits per heavy atom. The fraction of sp³-hybridized carbons (Fsp3) is 0.667. The second-order valence-electron chi connectivity index (χ2n) is 7.69. The molecule has 138 valence electrons. The molecule has 5 atom stereocenters. The molecule has 0 bridgehead atoms. The van der Waals surface area contributed by atoms with Crippen LogP contribution in [0.15, 0.2) is 23.5 Å². The first-order valence-electron chi connectivity index (χ1n) is 8.85. The van der Waals surface area contributed by atoms with Crippen LogP contribution in [-0.2, 0) is 9.59 Å². The largest absolute Gasteiger partial charge is 0.477 e. The monoisotopic (exact) mass is 349 g/mol. The van der Waals surface area contributed by atoms with Crippen LogP contribution < -0.4 is 5.73 Å². The molecule has 0 spiro atoms. The average molecular weight is 349 g/mol. The van der Waals surface area contributed by atoms with Gasteiger partial charge in [-0.15, -0.1) is 0 Å². The maximum Gasteiger partial charge on any atom is 0.352 e. The van der Waals surface area contributed by atoms with Gasteiger partial charge in [0.2, 0.25) is 5.91 Å². The van der Waals surface area contributed by atoms with Gasteiger partial charge in [-0.25, -0.2) is 4.79 Å². The Labute approximate surface area is 147 Å².